The van der Waals surface area contributed by atoms with Gasteiger partial charge in [0, 0.05) is 21.3 Å². The molecule has 10 atom stereocenters. The molecule has 17 heteroatoms. The summed E-state index contributed by atoms with van der Waals surface area (Å²) in [5.74, 6) is -3.08. The van der Waals surface area contributed by atoms with E-state index < -0.39 is 99.8 Å². The highest BCUT2D eigenvalue weighted by Crippen LogP contribution is 2.37. The standard InChI is InChI=1S/C65H73NO15Si/c1-43-26-30-48(31-27-43)62(70)80-56-52(38-67)78-64(54(57(56)81-63(71)49-32-28-44(2)29-33-49)66-60(68)50-24-15-16-25-51(50)61(66)69)74-35-17-34-73-55-53(42-72-39-45-18-9-6-10-19-45)79-65(75-36-37-82(3,4)5)59(77-41-47-22-13-8-14-23-47)58(55)76-40-46-20-11-7-12-21-46/h6-16,18-33,52-59,64-65,67H,17,34-42H2,1-5H3/t52-,53-,54-,55-,56-,57-,58+,59-,64-,65-/m1/s1. The quantitative estimate of drug-likeness (QED) is 0.0234. The second-order valence-electron chi connectivity index (χ2n) is 22.0. The van der Waals surface area contributed by atoms with Crippen LogP contribution in [0.4, 0.5) is 0 Å². The number of rotatable bonds is 26. The minimum Gasteiger partial charge on any atom is -0.452 e. The predicted octanol–water partition coefficient (Wildman–Crippen LogP) is 9.70. The van der Waals surface area contributed by atoms with Crippen LogP contribution in [0.5, 0.6) is 0 Å². The summed E-state index contributed by atoms with van der Waals surface area (Å²) in [6.45, 7) is 11.1. The molecule has 0 aromatic heterocycles. The molecule has 2 amide bonds. The summed E-state index contributed by atoms with van der Waals surface area (Å²) in [6.07, 6.45) is -9.76. The molecule has 16 nitrogen and oxygen atoms in total. The number of hydrogen-bond donors (Lipinski definition) is 1. The first-order valence-corrected chi connectivity index (χ1v) is 31.7. The number of aliphatic hydroxyl groups is 1. The molecule has 0 unspecified atom stereocenters. The lowest BCUT2D eigenvalue weighted by Crippen LogP contribution is -2.67. The van der Waals surface area contributed by atoms with Crippen molar-refractivity contribution in [3.63, 3.8) is 0 Å². The van der Waals surface area contributed by atoms with E-state index in [9.17, 15) is 24.3 Å². The van der Waals surface area contributed by atoms with Crippen molar-refractivity contribution >= 4 is 31.8 Å². The van der Waals surface area contributed by atoms with Crippen LogP contribution in [-0.4, -0.2) is 136 Å². The van der Waals surface area contributed by atoms with Crippen LogP contribution in [0.3, 0.4) is 0 Å². The molecule has 3 aliphatic rings. The van der Waals surface area contributed by atoms with Crippen molar-refractivity contribution in [2.75, 3.05) is 33.0 Å². The molecule has 0 aliphatic carbocycles. The van der Waals surface area contributed by atoms with Crippen LogP contribution in [0.25, 0.3) is 0 Å². The first-order chi connectivity index (χ1) is 39.7. The summed E-state index contributed by atoms with van der Waals surface area (Å²) in [7, 11) is -1.54. The highest BCUT2D eigenvalue weighted by atomic mass is 28.3. The number of aryl methyl sites for hydroxylation is 2. The number of fused-ring (bicyclic) bond motifs is 1. The minimum absolute atomic E-state index is 0.0530. The van der Waals surface area contributed by atoms with Crippen LogP contribution in [0.2, 0.25) is 25.7 Å². The third-order valence-corrected chi connectivity index (χ3v) is 16.3. The van der Waals surface area contributed by atoms with E-state index in [-0.39, 0.29) is 61.7 Å². The summed E-state index contributed by atoms with van der Waals surface area (Å²) in [6, 6.07) is 48.4. The number of imide groups is 1. The normalized spacial score (nSPS) is 23.6. The maximum Gasteiger partial charge on any atom is 0.338 e. The Morgan fingerprint density at radius 1 is 0.500 bits per heavy atom. The molecule has 9 rings (SSSR count). The lowest BCUT2D eigenvalue weighted by molar-refractivity contribution is -0.326. The van der Waals surface area contributed by atoms with Gasteiger partial charge in [0.25, 0.3) is 11.8 Å². The molecule has 2 fully saturated rings. The van der Waals surface area contributed by atoms with Crippen LogP contribution < -0.4 is 0 Å². The smallest absolute Gasteiger partial charge is 0.338 e. The van der Waals surface area contributed by atoms with Crippen molar-refractivity contribution in [3.05, 3.63) is 214 Å². The average molecular weight is 1140 g/mol. The van der Waals surface area contributed by atoms with Gasteiger partial charge in [0.1, 0.15) is 36.6 Å². The molecule has 0 radical (unpaired) electrons. The Bertz CT molecular complexity index is 2980. The van der Waals surface area contributed by atoms with Crippen molar-refractivity contribution in [2.24, 2.45) is 0 Å². The second kappa shape index (κ2) is 28.5. The van der Waals surface area contributed by atoms with Crippen molar-refractivity contribution in [1.29, 1.82) is 0 Å². The number of carbonyl (C=O) groups is 4. The topological polar surface area (TPSA) is 184 Å². The van der Waals surface area contributed by atoms with E-state index in [1.54, 1.807) is 60.7 Å². The number of nitrogens with zero attached hydrogens (tertiary/aromatic N) is 1. The first-order valence-electron chi connectivity index (χ1n) is 28.0. The van der Waals surface area contributed by atoms with Crippen LogP contribution in [0.15, 0.2) is 164 Å². The highest BCUT2D eigenvalue weighted by molar-refractivity contribution is 6.76. The van der Waals surface area contributed by atoms with E-state index in [4.69, 9.17) is 47.4 Å². The van der Waals surface area contributed by atoms with Gasteiger partial charge in [-0.15, -0.1) is 0 Å². The largest absolute Gasteiger partial charge is 0.452 e. The number of benzene rings is 6. The molecular weight excluding hydrogens is 1060 g/mol. The molecule has 6 aromatic carbocycles. The molecule has 0 saturated carbocycles. The Kier molecular flexibility index (Phi) is 20.8. The van der Waals surface area contributed by atoms with Gasteiger partial charge in [-0.2, -0.15) is 0 Å². The second-order valence-corrected chi connectivity index (χ2v) is 27.6. The number of hydrogen-bond acceptors (Lipinski definition) is 15. The van der Waals surface area contributed by atoms with Gasteiger partial charge in [-0.25, -0.2) is 9.59 Å². The monoisotopic (exact) mass is 1140 g/mol. The molecule has 3 aliphatic heterocycles. The molecule has 6 aromatic rings. The molecule has 1 N–H and O–H groups in total. The van der Waals surface area contributed by atoms with Gasteiger partial charge < -0.3 is 52.5 Å². The molecule has 0 bridgehead atoms. The lowest BCUT2D eigenvalue weighted by atomic mass is 9.94. The summed E-state index contributed by atoms with van der Waals surface area (Å²) in [5, 5.41) is 11.0. The highest BCUT2D eigenvalue weighted by Gasteiger charge is 2.57. The van der Waals surface area contributed by atoms with Gasteiger partial charge in [-0.3, -0.25) is 14.5 Å². The number of carbonyl (C=O) groups excluding carboxylic acids is 4. The van der Waals surface area contributed by atoms with E-state index in [1.165, 1.54) is 12.1 Å². The molecule has 0 spiro atoms. The zero-order chi connectivity index (χ0) is 57.6. The van der Waals surface area contributed by atoms with Gasteiger partial charge >= 0.3 is 11.9 Å². The Morgan fingerprint density at radius 3 is 1.49 bits per heavy atom. The minimum atomic E-state index is -1.62. The third kappa shape index (κ3) is 15.5. The number of aliphatic hydroxyl groups excluding tert-OH is 1. The van der Waals surface area contributed by atoms with E-state index in [1.807, 2.05) is 105 Å². The number of amides is 2. The predicted molar refractivity (Wildman–Crippen MR) is 306 cm³/mol. The van der Waals surface area contributed by atoms with Crippen molar-refractivity contribution in [2.45, 2.75) is 127 Å². The van der Waals surface area contributed by atoms with Gasteiger partial charge in [-0.05, 0) is 79.4 Å². The Balaban J connectivity index is 1.01. The SMILES string of the molecule is Cc1ccc(C(=O)O[C@H]2[C@H](OC(=O)c3ccc(C)cc3)[C@@H](CO)O[C@@H](OCCCO[C@H]3[C@H](OCc4ccccc4)[C@@H](OCc4ccccc4)[C@H](OCC[Si](C)(C)C)O[C@@H]3COCc3ccccc3)[C@@H]2N2C(=O)c3ccccc3C2=O)cc1. The molecule has 432 valence electrons. The van der Waals surface area contributed by atoms with Crippen molar-refractivity contribution in [3.8, 4) is 0 Å². The zero-order valence-corrected chi connectivity index (χ0v) is 48.0. The summed E-state index contributed by atoms with van der Waals surface area (Å²) in [4.78, 5) is 58.3. The van der Waals surface area contributed by atoms with Crippen LogP contribution in [0.1, 0.15) is 75.7 Å². The fraction of sp³-hybridized carbons (Fsp3) is 0.385. The van der Waals surface area contributed by atoms with Crippen LogP contribution in [-0.2, 0) is 67.2 Å². The van der Waals surface area contributed by atoms with Crippen molar-refractivity contribution < 1.29 is 71.7 Å². The van der Waals surface area contributed by atoms with Gasteiger partial charge in [0.2, 0.25) is 0 Å². The molecular formula is C65H73NO15Si. The number of ether oxygens (including phenoxy) is 10. The summed E-state index contributed by atoms with van der Waals surface area (Å²) in [5.41, 5.74) is 5.18. The fourth-order valence-electron chi connectivity index (χ4n) is 10.0. The van der Waals surface area contributed by atoms with Crippen LogP contribution >= 0.6 is 0 Å². The van der Waals surface area contributed by atoms with Gasteiger partial charge in [-0.1, -0.05) is 158 Å². The average Bonchev–Trinajstić information content (AvgIpc) is 3.02. The first kappa shape index (κ1) is 59.9. The molecule has 3 heterocycles. The lowest BCUT2D eigenvalue weighted by Gasteiger charge is -2.47. The van der Waals surface area contributed by atoms with E-state index in [0.29, 0.717) is 13.2 Å². The van der Waals surface area contributed by atoms with Gasteiger partial charge in [0.05, 0.1) is 61.9 Å². The summed E-state index contributed by atoms with van der Waals surface area (Å²) < 4.78 is 66.0. The maximum atomic E-state index is 14.5. The Labute approximate surface area is 480 Å². The Hall–Kier alpha value is -6.74. The van der Waals surface area contributed by atoms with Crippen LogP contribution in [0, 0.1) is 13.8 Å². The van der Waals surface area contributed by atoms with E-state index in [2.05, 4.69) is 19.6 Å². The van der Waals surface area contributed by atoms with Gasteiger partial charge in [0.15, 0.2) is 24.8 Å². The fourth-order valence-corrected chi connectivity index (χ4v) is 10.8. The zero-order valence-electron chi connectivity index (χ0n) is 47.0. The van der Waals surface area contributed by atoms with Crippen molar-refractivity contribution in [1.82, 2.24) is 4.90 Å². The van der Waals surface area contributed by atoms with E-state index >= 15 is 0 Å². The summed E-state index contributed by atoms with van der Waals surface area (Å²) >= 11 is 0. The van der Waals surface area contributed by atoms with E-state index in [0.717, 1.165) is 38.8 Å². The Morgan fingerprint density at radius 2 is 0.963 bits per heavy atom. The maximum absolute atomic E-state index is 14.5. The number of esters is 2. The molecule has 2 saturated heterocycles. The molecule has 82 heavy (non-hydrogen) atoms. The third-order valence-electron chi connectivity index (χ3n) is 14.5.